The van der Waals surface area contributed by atoms with Gasteiger partial charge < -0.3 is 9.88 Å². The number of thiophene rings is 1. The van der Waals surface area contributed by atoms with Crippen LogP contribution in [0.15, 0.2) is 23.1 Å². The van der Waals surface area contributed by atoms with E-state index in [9.17, 15) is 22.8 Å². The highest BCUT2D eigenvalue weighted by atomic mass is 32.1. The monoisotopic (exact) mass is 367 g/mol. The Labute approximate surface area is 144 Å². The van der Waals surface area contributed by atoms with Crippen LogP contribution in [0.3, 0.4) is 0 Å². The van der Waals surface area contributed by atoms with Crippen molar-refractivity contribution in [3.63, 3.8) is 0 Å². The SMILES string of the molecule is N#Cc1cc(C(=O)Nc2cc(F)c(=O)n(CC(F)F)c2)sc1C1CC1. The number of aromatic nitrogens is 1. The standard InChI is InChI=1S/C16H12F3N3O2S/c17-11-4-10(6-22(16(11)24)7-13(18)19)21-15(23)12-3-9(5-20)14(25-12)8-1-2-8/h3-4,6,8,13H,1-2,7H2,(H,21,23). The van der Waals surface area contributed by atoms with Crippen molar-refractivity contribution < 1.29 is 18.0 Å². The van der Waals surface area contributed by atoms with Crippen molar-refractivity contribution in [3.8, 4) is 6.07 Å². The Kier molecular flexibility index (Phi) is 4.63. The highest BCUT2D eigenvalue weighted by molar-refractivity contribution is 7.14. The van der Waals surface area contributed by atoms with Crippen molar-refractivity contribution in [3.05, 3.63) is 49.8 Å². The highest BCUT2D eigenvalue weighted by Crippen LogP contribution is 2.45. The second-order valence-electron chi connectivity index (χ2n) is 5.65. The summed E-state index contributed by atoms with van der Waals surface area (Å²) in [6.07, 6.45) is 0.0792. The van der Waals surface area contributed by atoms with Gasteiger partial charge in [0.2, 0.25) is 0 Å². The summed E-state index contributed by atoms with van der Waals surface area (Å²) >= 11 is 1.19. The van der Waals surface area contributed by atoms with Gasteiger partial charge >= 0.3 is 0 Å². The third kappa shape index (κ3) is 3.74. The molecule has 0 bridgehead atoms. The third-order valence-corrected chi connectivity index (χ3v) is 4.98. The first-order chi connectivity index (χ1) is 11.9. The summed E-state index contributed by atoms with van der Waals surface area (Å²) in [6.45, 7) is -0.969. The van der Waals surface area contributed by atoms with Crippen LogP contribution in [-0.2, 0) is 6.54 Å². The number of hydrogen-bond donors (Lipinski definition) is 1. The lowest BCUT2D eigenvalue weighted by Gasteiger charge is -2.09. The molecule has 1 N–H and O–H groups in total. The predicted molar refractivity (Wildman–Crippen MR) is 85.6 cm³/mol. The van der Waals surface area contributed by atoms with Gasteiger partial charge in [-0.15, -0.1) is 11.3 Å². The second-order valence-corrected chi connectivity index (χ2v) is 6.74. The number of nitrogens with zero attached hydrogens (tertiary/aromatic N) is 2. The number of hydrogen-bond acceptors (Lipinski definition) is 4. The van der Waals surface area contributed by atoms with Crippen LogP contribution in [0.5, 0.6) is 0 Å². The van der Waals surface area contributed by atoms with Crippen molar-refractivity contribution in [1.82, 2.24) is 4.57 Å². The molecular formula is C16H12F3N3O2S. The summed E-state index contributed by atoms with van der Waals surface area (Å²) in [5.41, 5.74) is -0.855. The number of carbonyl (C=O) groups excluding carboxylic acids is 1. The molecule has 130 valence electrons. The Morgan fingerprint density at radius 2 is 2.16 bits per heavy atom. The van der Waals surface area contributed by atoms with E-state index < -0.39 is 30.3 Å². The average molecular weight is 367 g/mol. The van der Waals surface area contributed by atoms with E-state index in [1.807, 2.05) is 6.07 Å². The molecule has 2 aromatic rings. The minimum Gasteiger partial charge on any atom is -0.320 e. The maximum atomic E-state index is 13.6. The highest BCUT2D eigenvalue weighted by Gasteiger charge is 2.29. The first-order valence-corrected chi connectivity index (χ1v) is 8.24. The molecule has 1 aliphatic rings. The lowest BCUT2D eigenvalue weighted by molar-refractivity contribution is 0.103. The maximum absolute atomic E-state index is 13.6. The van der Waals surface area contributed by atoms with Crippen molar-refractivity contribution in [2.24, 2.45) is 0 Å². The van der Waals surface area contributed by atoms with Crippen LogP contribution in [0.1, 0.15) is 38.9 Å². The second kappa shape index (κ2) is 6.72. The largest absolute Gasteiger partial charge is 0.320 e. The van der Waals surface area contributed by atoms with Crippen molar-refractivity contribution in [2.75, 3.05) is 5.32 Å². The molecule has 9 heteroatoms. The smallest absolute Gasteiger partial charge is 0.286 e. The van der Waals surface area contributed by atoms with E-state index in [0.29, 0.717) is 16.0 Å². The minimum absolute atomic E-state index is 0.109. The summed E-state index contributed by atoms with van der Waals surface area (Å²) in [5, 5.41) is 11.5. The van der Waals surface area contributed by atoms with E-state index >= 15 is 0 Å². The molecule has 1 aliphatic carbocycles. The third-order valence-electron chi connectivity index (χ3n) is 3.69. The fourth-order valence-electron chi connectivity index (χ4n) is 2.40. The molecule has 1 fully saturated rings. The summed E-state index contributed by atoms with van der Waals surface area (Å²) in [6, 6.07) is 4.28. The number of nitrogens with one attached hydrogen (secondary N) is 1. The van der Waals surface area contributed by atoms with Gasteiger partial charge in [0.1, 0.15) is 6.07 Å². The van der Waals surface area contributed by atoms with Gasteiger partial charge in [0, 0.05) is 17.1 Å². The van der Waals surface area contributed by atoms with Gasteiger partial charge in [-0.1, -0.05) is 0 Å². The summed E-state index contributed by atoms with van der Waals surface area (Å²) in [5.74, 6) is -1.53. The van der Waals surface area contributed by atoms with Crippen LogP contribution in [0.2, 0.25) is 0 Å². The Balaban J connectivity index is 1.85. The number of rotatable bonds is 5. The first-order valence-electron chi connectivity index (χ1n) is 7.42. The maximum Gasteiger partial charge on any atom is 0.286 e. The van der Waals surface area contributed by atoms with Gasteiger partial charge in [0.05, 0.1) is 22.7 Å². The van der Waals surface area contributed by atoms with Crippen molar-refractivity contribution >= 4 is 22.9 Å². The van der Waals surface area contributed by atoms with Crippen LogP contribution in [0.25, 0.3) is 0 Å². The Morgan fingerprint density at radius 1 is 1.44 bits per heavy atom. The number of pyridine rings is 1. The molecule has 3 rings (SSSR count). The Hall–Kier alpha value is -2.60. The zero-order valence-corrected chi connectivity index (χ0v) is 13.6. The predicted octanol–water partition coefficient (Wildman–Crippen LogP) is 3.32. The molecule has 0 spiro atoms. The zero-order valence-electron chi connectivity index (χ0n) is 12.8. The van der Waals surface area contributed by atoms with Gasteiger partial charge in [-0.25, -0.2) is 13.2 Å². The lowest BCUT2D eigenvalue weighted by atomic mass is 10.2. The molecule has 5 nitrogen and oxygen atoms in total. The van der Waals surface area contributed by atoms with E-state index in [-0.39, 0.29) is 10.6 Å². The fraction of sp³-hybridized carbons (Fsp3) is 0.312. The van der Waals surface area contributed by atoms with E-state index in [2.05, 4.69) is 5.32 Å². The van der Waals surface area contributed by atoms with Crippen LogP contribution in [0, 0.1) is 17.1 Å². The number of nitriles is 1. The number of halogens is 3. The van der Waals surface area contributed by atoms with Crippen LogP contribution >= 0.6 is 11.3 Å². The van der Waals surface area contributed by atoms with Gasteiger partial charge in [0.15, 0.2) is 5.82 Å². The molecule has 2 aromatic heterocycles. The van der Waals surface area contributed by atoms with E-state index in [4.69, 9.17) is 5.26 Å². The Bertz CT molecular complexity index is 926. The molecular weight excluding hydrogens is 355 g/mol. The van der Waals surface area contributed by atoms with Gasteiger partial charge in [-0.05, 0) is 24.8 Å². The van der Waals surface area contributed by atoms with Crippen LogP contribution in [0.4, 0.5) is 18.9 Å². The molecule has 1 saturated carbocycles. The molecule has 0 saturated heterocycles. The summed E-state index contributed by atoms with van der Waals surface area (Å²) < 4.78 is 39.0. The van der Waals surface area contributed by atoms with Crippen molar-refractivity contribution in [2.45, 2.75) is 31.7 Å². The molecule has 0 unspecified atom stereocenters. The average Bonchev–Trinajstić information content (AvgIpc) is 3.30. The number of anilines is 1. The van der Waals surface area contributed by atoms with Crippen LogP contribution in [-0.4, -0.2) is 16.9 Å². The fourth-order valence-corrected chi connectivity index (χ4v) is 3.57. The van der Waals surface area contributed by atoms with Crippen LogP contribution < -0.4 is 10.9 Å². The quantitative estimate of drug-likeness (QED) is 0.881. The molecule has 1 amide bonds. The molecule has 25 heavy (non-hydrogen) atoms. The zero-order chi connectivity index (χ0) is 18.1. The first kappa shape index (κ1) is 17.2. The van der Waals surface area contributed by atoms with E-state index in [1.165, 1.54) is 17.4 Å². The molecule has 0 atom stereocenters. The van der Waals surface area contributed by atoms with E-state index in [1.54, 1.807) is 0 Å². The summed E-state index contributed by atoms with van der Waals surface area (Å²) in [4.78, 5) is 24.9. The summed E-state index contributed by atoms with van der Waals surface area (Å²) in [7, 11) is 0. The number of carbonyl (C=O) groups is 1. The van der Waals surface area contributed by atoms with Gasteiger partial charge in [-0.3, -0.25) is 9.59 Å². The normalized spacial score (nSPS) is 13.7. The molecule has 0 radical (unpaired) electrons. The molecule has 0 aliphatic heterocycles. The van der Waals surface area contributed by atoms with E-state index in [0.717, 1.165) is 30.0 Å². The minimum atomic E-state index is -2.83. The lowest BCUT2D eigenvalue weighted by Crippen LogP contribution is -2.26. The van der Waals surface area contributed by atoms with Gasteiger partial charge in [-0.2, -0.15) is 5.26 Å². The topological polar surface area (TPSA) is 74.9 Å². The number of amides is 1. The van der Waals surface area contributed by atoms with Crippen molar-refractivity contribution in [1.29, 1.82) is 5.26 Å². The Morgan fingerprint density at radius 3 is 2.76 bits per heavy atom. The van der Waals surface area contributed by atoms with Gasteiger partial charge in [0.25, 0.3) is 17.9 Å². The molecule has 2 heterocycles. The number of alkyl halides is 2. The molecule has 0 aromatic carbocycles.